The topological polar surface area (TPSA) is 46.9 Å². The van der Waals surface area contributed by atoms with Gasteiger partial charge in [0, 0.05) is 25.5 Å². The quantitative estimate of drug-likeness (QED) is 0.636. The van der Waals surface area contributed by atoms with Crippen LogP contribution in [0.4, 0.5) is 0 Å². The molecule has 0 spiro atoms. The van der Waals surface area contributed by atoms with E-state index in [0.29, 0.717) is 19.1 Å². The number of hydrogen-bond donors (Lipinski definition) is 1. The molecule has 146 valence electrons. The molecule has 1 unspecified atom stereocenters. The van der Waals surface area contributed by atoms with Crippen molar-refractivity contribution in [2.45, 2.75) is 32.0 Å². The lowest BCUT2D eigenvalue weighted by Crippen LogP contribution is -3.13. The predicted molar refractivity (Wildman–Crippen MR) is 112 cm³/mol. The Hall–Kier alpha value is -2.44. The van der Waals surface area contributed by atoms with Crippen LogP contribution in [0, 0.1) is 0 Å². The average Bonchev–Trinajstić information content (AvgIpc) is 3.47. The van der Waals surface area contributed by atoms with Crippen molar-refractivity contribution in [1.29, 1.82) is 0 Å². The van der Waals surface area contributed by atoms with Gasteiger partial charge in [-0.15, -0.1) is 11.3 Å². The summed E-state index contributed by atoms with van der Waals surface area (Å²) >= 11 is 1.66. The van der Waals surface area contributed by atoms with Crippen LogP contribution in [-0.2, 0) is 17.9 Å². The van der Waals surface area contributed by atoms with Gasteiger partial charge in [0.15, 0.2) is 6.54 Å². The number of para-hydroxylation sites is 1. The van der Waals surface area contributed by atoms with Gasteiger partial charge in [0.2, 0.25) is 0 Å². The highest BCUT2D eigenvalue weighted by atomic mass is 32.1. The van der Waals surface area contributed by atoms with Crippen molar-refractivity contribution in [3.63, 3.8) is 0 Å². The van der Waals surface area contributed by atoms with Crippen molar-refractivity contribution in [3.05, 3.63) is 59.1 Å². The van der Waals surface area contributed by atoms with E-state index in [0.717, 1.165) is 22.8 Å². The molecule has 0 radical (unpaired) electrons. The summed E-state index contributed by atoms with van der Waals surface area (Å²) in [6.07, 6.45) is 2.42. The lowest BCUT2D eigenvalue weighted by Gasteiger charge is -2.22. The lowest BCUT2D eigenvalue weighted by atomic mass is 10.2. The van der Waals surface area contributed by atoms with Gasteiger partial charge in [-0.3, -0.25) is 4.79 Å². The molecule has 1 heterocycles. The maximum Gasteiger partial charge on any atom is 0.277 e. The van der Waals surface area contributed by atoms with Crippen LogP contribution in [0.5, 0.6) is 5.75 Å². The number of likely N-dealkylation sites (N-methyl/N-ethyl adjacent to an activating group) is 1. The minimum Gasteiger partial charge on any atom is -0.497 e. The molecular weight excluding hydrogens is 370 g/mol. The Morgan fingerprint density at radius 2 is 1.96 bits per heavy atom. The molecule has 6 heteroatoms. The Bertz CT molecular complexity index is 917. The third-order valence-corrected chi connectivity index (χ3v) is 6.28. The third kappa shape index (κ3) is 4.51. The molecule has 0 bridgehead atoms. The maximum atomic E-state index is 12.9. The summed E-state index contributed by atoms with van der Waals surface area (Å²) in [6, 6.07) is 16.9. The highest BCUT2D eigenvalue weighted by molar-refractivity contribution is 7.18. The van der Waals surface area contributed by atoms with Crippen molar-refractivity contribution in [1.82, 2.24) is 9.88 Å². The highest BCUT2D eigenvalue weighted by Gasteiger charge is 2.35. The van der Waals surface area contributed by atoms with Gasteiger partial charge in [0.1, 0.15) is 17.3 Å². The Morgan fingerprint density at radius 3 is 2.64 bits per heavy atom. The van der Waals surface area contributed by atoms with Gasteiger partial charge in [-0.25, -0.2) is 4.98 Å². The monoisotopic (exact) mass is 396 g/mol. The van der Waals surface area contributed by atoms with Crippen molar-refractivity contribution in [2.75, 3.05) is 20.7 Å². The molecule has 1 atom stereocenters. The van der Waals surface area contributed by atoms with Crippen LogP contribution in [0.3, 0.4) is 0 Å². The zero-order chi connectivity index (χ0) is 19.5. The van der Waals surface area contributed by atoms with Crippen molar-refractivity contribution >= 4 is 27.5 Å². The molecule has 5 nitrogen and oxygen atoms in total. The lowest BCUT2D eigenvalue weighted by molar-refractivity contribution is -0.917. The number of carbonyl (C=O) groups excluding carboxylic acids is 1. The number of nitrogens with zero attached hydrogens (tertiary/aromatic N) is 2. The molecular formula is C22H26N3O2S+. The summed E-state index contributed by atoms with van der Waals surface area (Å²) in [7, 11) is 3.56. The van der Waals surface area contributed by atoms with Gasteiger partial charge in [-0.2, -0.15) is 0 Å². The summed E-state index contributed by atoms with van der Waals surface area (Å²) in [4.78, 5) is 20.7. The van der Waals surface area contributed by atoms with Crippen LogP contribution in [0.2, 0.25) is 0 Å². The first-order valence-corrected chi connectivity index (χ1v) is 10.5. The fourth-order valence-electron chi connectivity index (χ4n) is 3.46. The minimum absolute atomic E-state index is 0.176. The fraction of sp³-hybridized carbons (Fsp3) is 0.364. The number of thiazole rings is 1. The average molecular weight is 397 g/mol. The van der Waals surface area contributed by atoms with E-state index in [1.165, 1.54) is 28.0 Å². The zero-order valence-corrected chi connectivity index (χ0v) is 17.2. The SMILES string of the molecule is COc1ccc(C[NH+](CC(=O)N(C)Cc2nc3ccccc3s2)C2CC2)cc1. The number of nitrogens with one attached hydrogen (secondary N) is 1. The number of methoxy groups -OCH3 is 1. The van der Waals surface area contributed by atoms with E-state index in [9.17, 15) is 4.79 Å². The first-order valence-electron chi connectivity index (χ1n) is 9.68. The number of aromatic nitrogens is 1. The highest BCUT2D eigenvalue weighted by Crippen LogP contribution is 2.22. The van der Waals surface area contributed by atoms with Crippen LogP contribution in [-0.4, -0.2) is 42.5 Å². The second-order valence-electron chi connectivity index (χ2n) is 7.46. The van der Waals surface area contributed by atoms with E-state index in [2.05, 4.69) is 23.2 Å². The summed E-state index contributed by atoms with van der Waals surface area (Å²) in [5, 5.41) is 0.986. The van der Waals surface area contributed by atoms with E-state index in [1.54, 1.807) is 18.4 Å². The molecule has 0 saturated heterocycles. The molecule has 1 N–H and O–H groups in total. The number of benzene rings is 2. The van der Waals surface area contributed by atoms with Crippen LogP contribution >= 0.6 is 11.3 Å². The number of carbonyl (C=O) groups is 1. The molecule has 1 aliphatic rings. The van der Waals surface area contributed by atoms with Gasteiger partial charge in [-0.05, 0) is 36.4 Å². The van der Waals surface area contributed by atoms with Crippen LogP contribution < -0.4 is 9.64 Å². The molecule has 1 amide bonds. The van der Waals surface area contributed by atoms with E-state index in [1.807, 2.05) is 42.3 Å². The Balaban J connectivity index is 1.38. The molecule has 3 aromatic rings. The van der Waals surface area contributed by atoms with E-state index < -0.39 is 0 Å². The molecule has 0 aliphatic heterocycles. The van der Waals surface area contributed by atoms with E-state index >= 15 is 0 Å². The third-order valence-electron chi connectivity index (χ3n) is 5.26. The predicted octanol–water partition coefficient (Wildman–Crippen LogP) is 2.51. The van der Waals surface area contributed by atoms with Crippen molar-refractivity contribution in [3.8, 4) is 5.75 Å². The molecule has 4 rings (SSSR count). The Labute approximate surface area is 169 Å². The number of quaternary nitrogens is 1. The number of fused-ring (bicyclic) bond motifs is 1. The molecule has 1 fully saturated rings. The summed E-state index contributed by atoms with van der Waals surface area (Å²) in [5.41, 5.74) is 2.25. The van der Waals surface area contributed by atoms with Crippen LogP contribution in [0.25, 0.3) is 10.2 Å². The normalized spacial score (nSPS) is 14.8. The van der Waals surface area contributed by atoms with Gasteiger partial charge >= 0.3 is 0 Å². The van der Waals surface area contributed by atoms with Gasteiger partial charge in [0.05, 0.1) is 29.9 Å². The second-order valence-corrected chi connectivity index (χ2v) is 8.57. The first kappa shape index (κ1) is 18.9. The molecule has 1 aliphatic carbocycles. The van der Waals surface area contributed by atoms with Gasteiger partial charge in [0.25, 0.3) is 5.91 Å². The largest absolute Gasteiger partial charge is 0.497 e. The second kappa shape index (κ2) is 8.29. The fourth-order valence-corrected chi connectivity index (χ4v) is 4.48. The molecule has 28 heavy (non-hydrogen) atoms. The smallest absolute Gasteiger partial charge is 0.277 e. The Morgan fingerprint density at radius 1 is 1.21 bits per heavy atom. The standard InChI is InChI=1S/C22H25N3O2S/c1-24(14-21-23-19-5-3-4-6-20(19)28-21)22(26)15-25(17-9-10-17)13-16-7-11-18(27-2)12-8-16/h3-8,11-12,17H,9-10,13-15H2,1-2H3/p+1. The summed E-state index contributed by atoms with van der Waals surface area (Å²) in [5.74, 6) is 1.04. The Kier molecular flexibility index (Phi) is 5.59. The van der Waals surface area contributed by atoms with Gasteiger partial charge in [-0.1, -0.05) is 12.1 Å². The van der Waals surface area contributed by atoms with Crippen LogP contribution in [0.15, 0.2) is 48.5 Å². The van der Waals surface area contributed by atoms with Crippen molar-refractivity contribution in [2.24, 2.45) is 0 Å². The first-order chi connectivity index (χ1) is 13.6. The molecule has 2 aromatic carbocycles. The molecule has 1 aromatic heterocycles. The number of rotatable bonds is 8. The molecule has 1 saturated carbocycles. The van der Waals surface area contributed by atoms with Crippen molar-refractivity contribution < 1.29 is 14.4 Å². The van der Waals surface area contributed by atoms with E-state index in [-0.39, 0.29) is 5.91 Å². The van der Waals surface area contributed by atoms with Crippen LogP contribution in [0.1, 0.15) is 23.4 Å². The maximum absolute atomic E-state index is 12.9. The minimum atomic E-state index is 0.176. The summed E-state index contributed by atoms with van der Waals surface area (Å²) in [6.45, 7) is 1.96. The summed E-state index contributed by atoms with van der Waals surface area (Å²) < 4.78 is 6.41. The van der Waals surface area contributed by atoms with E-state index in [4.69, 9.17) is 4.74 Å². The van der Waals surface area contributed by atoms with Gasteiger partial charge < -0.3 is 14.5 Å². The number of ether oxygens (including phenoxy) is 1. The zero-order valence-electron chi connectivity index (χ0n) is 16.4. The number of hydrogen-bond acceptors (Lipinski definition) is 4. The number of amides is 1.